The van der Waals surface area contributed by atoms with Crippen molar-refractivity contribution < 1.29 is 14.1 Å². The number of amides is 1. The molecule has 1 saturated carbocycles. The molecule has 0 spiro atoms. The van der Waals surface area contributed by atoms with Crippen molar-refractivity contribution in [2.75, 3.05) is 24.5 Å². The molecule has 31 heavy (non-hydrogen) atoms. The zero-order valence-electron chi connectivity index (χ0n) is 17.2. The fourth-order valence-electron chi connectivity index (χ4n) is 4.81. The molecule has 2 aliphatic heterocycles. The average Bonchev–Trinajstić information content (AvgIpc) is 3.58. The number of halogens is 1. The van der Waals surface area contributed by atoms with Gasteiger partial charge in [0.25, 0.3) is 5.69 Å². The van der Waals surface area contributed by atoms with Gasteiger partial charge in [-0.25, -0.2) is 4.39 Å². The SMILES string of the molecule is O=C(NC1CC1)[C@H]1Cc2cc([N+](=O)[O-])ccc2N2CCN(Cc3ccc(F)cc3)C[C@@H]12. The van der Waals surface area contributed by atoms with Crippen LogP contribution in [0, 0.1) is 21.8 Å². The second-order valence-electron chi connectivity index (χ2n) is 8.79. The summed E-state index contributed by atoms with van der Waals surface area (Å²) in [5, 5.41) is 14.4. The molecule has 0 radical (unpaired) electrons. The molecule has 0 unspecified atom stereocenters. The molecule has 1 amide bonds. The fraction of sp³-hybridized carbons (Fsp3) is 0.435. The van der Waals surface area contributed by atoms with Gasteiger partial charge in [0.2, 0.25) is 5.91 Å². The number of benzene rings is 2. The molecule has 1 N–H and O–H groups in total. The zero-order valence-corrected chi connectivity index (χ0v) is 17.2. The summed E-state index contributed by atoms with van der Waals surface area (Å²) in [6.45, 7) is 2.97. The van der Waals surface area contributed by atoms with Gasteiger partial charge in [-0.2, -0.15) is 0 Å². The van der Waals surface area contributed by atoms with E-state index in [0.717, 1.165) is 49.3 Å². The molecule has 2 heterocycles. The van der Waals surface area contributed by atoms with Gasteiger partial charge in [0.15, 0.2) is 0 Å². The monoisotopic (exact) mass is 424 g/mol. The van der Waals surface area contributed by atoms with Gasteiger partial charge < -0.3 is 10.2 Å². The molecule has 0 aromatic heterocycles. The second-order valence-corrected chi connectivity index (χ2v) is 8.79. The number of carbonyl (C=O) groups excluding carboxylic acids is 1. The summed E-state index contributed by atoms with van der Waals surface area (Å²) in [7, 11) is 0. The molecular formula is C23H25FN4O3. The van der Waals surface area contributed by atoms with Crippen LogP contribution in [0.4, 0.5) is 15.8 Å². The second kappa shape index (κ2) is 7.92. The van der Waals surface area contributed by atoms with Crippen LogP contribution in [0.3, 0.4) is 0 Å². The van der Waals surface area contributed by atoms with Gasteiger partial charge in [-0.15, -0.1) is 0 Å². The Kier molecular flexibility index (Phi) is 5.09. The maximum Gasteiger partial charge on any atom is 0.269 e. The molecule has 2 aromatic carbocycles. The summed E-state index contributed by atoms with van der Waals surface area (Å²) in [5.41, 5.74) is 2.97. The number of anilines is 1. The Morgan fingerprint density at radius 2 is 1.94 bits per heavy atom. The third kappa shape index (κ3) is 4.12. The molecule has 1 aliphatic carbocycles. The normalized spacial score (nSPS) is 23.1. The number of non-ortho nitro benzene ring substituents is 1. The van der Waals surface area contributed by atoms with Crippen molar-refractivity contribution in [2.45, 2.75) is 37.9 Å². The lowest BCUT2D eigenvalue weighted by molar-refractivity contribution is -0.384. The van der Waals surface area contributed by atoms with Crippen LogP contribution in [-0.4, -0.2) is 47.4 Å². The van der Waals surface area contributed by atoms with Crippen LogP contribution in [-0.2, 0) is 17.8 Å². The minimum Gasteiger partial charge on any atom is -0.365 e. The summed E-state index contributed by atoms with van der Waals surface area (Å²) >= 11 is 0. The van der Waals surface area contributed by atoms with Gasteiger partial charge in [-0.3, -0.25) is 19.8 Å². The van der Waals surface area contributed by atoms with E-state index in [0.29, 0.717) is 13.0 Å². The first-order valence-electron chi connectivity index (χ1n) is 10.8. The Morgan fingerprint density at radius 1 is 1.16 bits per heavy atom. The molecule has 7 nitrogen and oxygen atoms in total. The van der Waals surface area contributed by atoms with E-state index in [1.807, 2.05) is 6.07 Å². The molecular weight excluding hydrogens is 399 g/mol. The Balaban J connectivity index is 1.41. The van der Waals surface area contributed by atoms with Crippen LogP contribution in [0.2, 0.25) is 0 Å². The summed E-state index contributed by atoms with van der Waals surface area (Å²) < 4.78 is 13.2. The van der Waals surface area contributed by atoms with E-state index in [4.69, 9.17) is 0 Å². The third-order valence-corrected chi connectivity index (χ3v) is 6.57. The van der Waals surface area contributed by atoms with Gasteiger partial charge in [0.1, 0.15) is 5.82 Å². The maximum atomic E-state index is 13.2. The first-order chi connectivity index (χ1) is 15.0. The van der Waals surface area contributed by atoms with Crippen molar-refractivity contribution in [1.82, 2.24) is 10.2 Å². The van der Waals surface area contributed by atoms with Crippen LogP contribution >= 0.6 is 0 Å². The molecule has 2 aromatic rings. The molecule has 3 aliphatic rings. The summed E-state index contributed by atoms with van der Waals surface area (Å²) in [4.78, 5) is 28.5. The van der Waals surface area contributed by atoms with E-state index in [9.17, 15) is 19.3 Å². The third-order valence-electron chi connectivity index (χ3n) is 6.57. The Bertz CT molecular complexity index is 1010. The predicted molar refractivity (Wildman–Crippen MR) is 114 cm³/mol. The van der Waals surface area contributed by atoms with E-state index in [1.165, 1.54) is 12.1 Å². The highest BCUT2D eigenvalue weighted by Gasteiger charge is 2.43. The number of nitro benzene ring substituents is 1. The minimum atomic E-state index is -0.383. The van der Waals surface area contributed by atoms with Crippen LogP contribution in [0.1, 0.15) is 24.0 Å². The first kappa shape index (κ1) is 19.9. The highest BCUT2D eigenvalue weighted by Crippen LogP contribution is 2.38. The average molecular weight is 424 g/mol. The van der Waals surface area contributed by atoms with E-state index >= 15 is 0 Å². The fourth-order valence-corrected chi connectivity index (χ4v) is 4.81. The van der Waals surface area contributed by atoms with E-state index < -0.39 is 0 Å². The van der Waals surface area contributed by atoms with Crippen LogP contribution in [0.15, 0.2) is 42.5 Å². The number of nitrogens with zero attached hydrogens (tertiary/aromatic N) is 3. The molecule has 8 heteroatoms. The van der Waals surface area contributed by atoms with Gasteiger partial charge in [0, 0.05) is 50.0 Å². The van der Waals surface area contributed by atoms with Gasteiger partial charge in [0.05, 0.1) is 16.9 Å². The van der Waals surface area contributed by atoms with Crippen LogP contribution < -0.4 is 10.2 Å². The Hall–Kier alpha value is -3.00. The summed E-state index contributed by atoms with van der Waals surface area (Å²) in [6, 6.07) is 11.8. The number of hydrogen-bond donors (Lipinski definition) is 1. The van der Waals surface area contributed by atoms with Gasteiger partial charge in [-0.05, 0) is 48.6 Å². The van der Waals surface area contributed by atoms with Crippen molar-refractivity contribution >= 4 is 17.3 Å². The van der Waals surface area contributed by atoms with E-state index in [2.05, 4.69) is 15.1 Å². The molecule has 0 bridgehead atoms. The number of nitrogens with one attached hydrogen (secondary N) is 1. The van der Waals surface area contributed by atoms with Crippen molar-refractivity contribution in [3.8, 4) is 0 Å². The quantitative estimate of drug-likeness (QED) is 0.590. The molecule has 162 valence electrons. The van der Waals surface area contributed by atoms with Crippen molar-refractivity contribution in [2.24, 2.45) is 5.92 Å². The number of carbonyl (C=O) groups is 1. The molecule has 2 fully saturated rings. The molecule has 1 saturated heterocycles. The predicted octanol–water partition coefficient (Wildman–Crippen LogP) is 2.88. The van der Waals surface area contributed by atoms with Crippen molar-refractivity contribution in [1.29, 1.82) is 0 Å². The van der Waals surface area contributed by atoms with Crippen LogP contribution in [0.5, 0.6) is 0 Å². The minimum absolute atomic E-state index is 0.00176. The highest BCUT2D eigenvalue weighted by atomic mass is 19.1. The van der Waals surface area contributed by atoms with Gasteiger partial charge >= 0.3 is 0 Å². The number of rotatable bonds is 5. The topological polar surface area (TPSA) is 78.7 Å². The summed E-state index contributed by atoms with van der Waals surface area (Å²) in [5.74, 6) is -0.465. The molecule has 5 rings (SSSR count). The number of nitro groups is 1. The van der Waals surface area contributed by atoms with Crippen LogP contribution in [0.25, 0.3) is 0 Å². The standard InChI is InChI=1S/C23H25FN4O3/c24-17-3-1-15(2-4-17)13-26-9-10-27-21-8-7-19(28(30)31)11-16(21)12-20(22(27)14-26)23(29)25-18-5-6-18/h1-4,7-8,11,18,20,22H,5-6,9-10,12-14H2,(H,25,29)/t20-,22-/m0/s1. The lowest BCUT2D eigenvalue weighted by atomic mass is 9.83. The highest BCUT2D eigenvalue weighted by molar-refractivity contribution is 5.82. The number of hydrogen-bond acceptors (Lipinski definition) is 5. The lowest BCUT2D eigenvalue weighted by Gasteiger charge is -2.49. The number of fused-ring (bicyclic) bond motifs is 3. The summed E-state index contributed by atoms with van der Waals surface area (Å²) in [6.07, 6.45) is 2.54. The maximum absolute atomic E-state index is 13.2. The largest absolute Gasteiger partial charge is 0.365 e. The molecule has 2 atom stereocenters. The number of piperazine rings is 1. The smallest absolute Gasteiger partial charge is 0.269 e. The Morgan fingerprint density at radius 3 is 2.65 bits per heavy atom. The van der Waals surface area contributed by atoms with Crippen molar-refractivity contribution in [3.05, 3.63) is 69.5 Å². The Labute approximate surface area is 180 Å². The lowest BCUT2D eigenvalue weighted by Crippen LogP contribution is -2.61. The zero-order chi connectivity index (χ0) is 21.5. The van der Waals surface area contributed by atoms with E-state index in [-0.39, 0.29) is 40.3 Å². The van der Waals surface area contributed by atoms with Crippen molar-refractivity contribution in [3.63, 3.8) is 0 Å². The first-order valence-corrected chi connectivity index (χ1v) is 10.8. The van der Waals surface area contributed by atoms with Gasteiger partial charge in [-0.1, -0.05) is 12.1 Å². The van der Waals surface area contributed by atoms with E-state index in [1.54, 1.807) is 24.3 Å².